The molecule has 0 spiro atoms. The van der Waals surface area contributed by atoms with Crippen LogP contribution in [0.4, 0.5) is 21.7 Å². The van der Waals surface area contributed by atoms with Crippen molar-refractivity contribution in [2.75, 3.05) is 23.8 Å². The number of benzene rings is 1. The van der Waals surface area contributed by atoms with Crippen molar-refractivity contribution in [2.45, 2.75) is 13.8 Å². The fraction of sp³-hybridized carbons (Fsp3) is 0.267. The second-order valence-corrected chi connectivity index (χ2v) is 4.14. The third kappa shape index (κ3) is 3.60. The number of anilines is 3. The van der Waals surface area contributed by atoms with Crippen molar-refractivity contribution in [1.82, 2.24) is 4.98 Å². The molecule has 0 atom stereocenters. The number of aromatic nitrogens is 1. The molecule has 20 heavy (non-hydrogen) atoms. The zero-order chi connectivity index (χ0) is 14.4. The van der Waals surface area contributed by atoms with Crippen molar-refractivity contribution in [1.29, 1.82) is 0 Å². The summed E-state index contributed by atoms with van der Waals surface area (Å²) in [4.78, 5) is 4.37. The zero-order valence-electron chi connectivity index (χ0n) is 11.6. The lowest BCUT2D eigenvalue weighted by atomic mass is 10.3. The number of nitrogens with zero attached hydrogens (tertiary/aromatic N) is 1. The van der Waals surface area contributed by atoms with Crippen molar-refractivity contribution in [3.05, 3.63) is 42.2 Å². The van der Waals surface area contributed by atoms with Gasteiger partial charge in [-0.15, -0.1) is 0 Å². The second kappa shape index (κ2) is 6.75. The lowest BCUT2D eigenvalue weighted by molar-refractivity contribution is 0.321. The minimum absolute atomic E-state index is 0.257. The SMILES string of the molecule is CCNc1cccc(Nc2ccc(OCC)c(F)c2)n1. The Balaban J connectivity index is 2.13. The van der Waals surface area contributed by atoms with Gasteiger partial charge in [-0.1, -0.05) is 6.07 Å². The van der Waals surface area contributed by atoms with E-state index < -0.39 is 0 Å². The minimum Gasteiger partial charge on any atom is -0.491 e. The standard InChI is InChI=1S/C15H18FN3O/c1-3-17-14-6-5-7-15(19-14)18-11-8-9-13(20-4-2)12(16)10-11/h5-10H,3-4H2,1-2H3,(H2,17,18,19). The van der Waals surface area contributed by atoms with Crippen LogP contribution in [-0.4, -0.2) is 18.1 Å². The van der Waals surface area contributed by atoms with Gasteiger partial charge in [0.2, 0.25) is 0 Å². The van der Waals surface area contributed by atoms with E-state index in [2.05, 4.69) is 15.6 Å². The summed E-state index contributed by atoms with van der Waals surface area (Å²) in [5.74, 6) is 1.31. The summed E-state index contributed by atoms with van der Waals surface area (Å²) in [6.45, 7) is 5.06. The van der Waals surface area contributed by atoms with E-state index in [1.807, 2.05) is 32.0 Å². The first kappa shape index (κ1) is 14.1. The van der Waals surface area contributed by atoms with Crippen LogP contribution < -0.4 is 15.4 Å². The van der Waals surface area contributed by atoms with E-state index in [4.69, 9.17) is 4.74 Å². The van der Waals surface area contributed by atoms with E-state index in [1.54, 1.807) is 12.1 Å². The summed E-state index contributed by atoms with van der Waals surface area (Å²) >= 11 is 0. The monoisotopic (exact) mass is 275 g/mol. The fourth-order valence-corrected chi connectivity index (χ4v) is 1.78. The Labute approximate surface area is 118 Å². The summed E-state index contributed by atoms with van der Waals surface area (Å²) in [5, 5.41) is 6.19. The molecule has 0 aliphatic heterocycles. The Bertz CT molecular complexity index is 575. The third-order valence-corrected chi connectivity index (χ3v) is 2.61. The van der Waals surface area contributed by atoms with Crippen LogP contribution in [0.5, 0.6) is 5.75 Å². The van der Waals surface area contributed by atoms with Gasteiger partial charge < -0.3 is 15.4 Å². The molecule has 1 aromatic heterocycles. The molecule has 0 radical (unpaired) electrons. The maximum Gasteiger partial charge on any atom is 0.167 e. The lowest BCUT2D eigenvalue weighted by Crippen LogP contribution is -2.01. The molecule has 0 aliphatic rings. The predicted octanol–water partition coefficient (Wildman–Crippen LogP) is 3.79. The summed E-state index contributed by atoms with van der Waals surface area (Å²) in [7, 11) is 0. The molecule has 0 unspecified atom stereocenters. The van der Waals surface area contributed by atoms with Gasteiger partial charge in [-0.05, 0) is 38.1 Å². The molecule has 0 amide bonds. The van der Waals surface area contributed by atoms with Crippen molar-refractivity contribution in [2.24, 2.45) is 0 Å². The molecular weight excluding hydrogens is 257 g/mol. The molecular formula is C15H18FN3O. The molecule has 0 saturated heterocycles. The molecule has 4 nitrogen and oxygen atoms in total. The summed E-state index contributed by atoms with van der Waals surface area (Å²) in [5.41, 5.74) is 0.632. The molecule has 0 bridgehead atoms. The average molecular weight is 275 g/mol. The Hall–Kier alpha value is -2.30. The van der Waals surface area contributed by atoms with Crippen LogP contribution in [0.25, 0.3) is 0 Å². The maximum absolute atomic E-state index is 13.7. The summed E-state index contributed by atoms with van der Waals surface area (Å²) in [6, 6.07) is 10.4. The molecule has 5 heteroatoms. The largest absolute Gasteiger partial charge is 0.491 e. The van der Waals surface area contributed by atoms with Crippen molar-refractivity contribution < 1.29 is 9.13 Å². The van der Waals surface area contributed by atoms with E-state index in [1.165, 1.54) is 6.07 Å². The minimum atomic E-state index is -0.389. The fourth-order valence-electron chi connectivity index (χ4n) is 1.78. The lowest BCUT2D eigenvalue weighted by Gasteiger charge is -2.10. The Morgan fingerprint density at radius 3 is 2.65 bits per heavy atom. The van der Waals surface area contributed by atoms with Gasteiger partial charge in [0.05, 0.1) is 6.61 Å². The van der Waals surface area contributed by atoms with Crippen LogP contribution in [0.15, 0.2) is 36.4 Å². The molecule has 2 N–H and O–H groups in total. The number of hydrogen-bond donors (Lipinski definition) is 2. The van der Waals surface area contributed by atoms with Gasteiger partial charge in [-0.2, -0.15) is 0 Å². The number of hydrogen-bond acceptors (Lipinski definition) is 4. The van der Waals surface area contributed by atoms with E-state index in [9.17, 15) is 4.39 Å². The normalized spacial score (nSPS) is 10.2. The molecule has 1 aromatic carbocycles. The van der Waals surface area contributed by atoms with E-state index in [0.717, 1.165) is 12.4 Å². The first-order valence-corrected chi connectivity index (χ1v) is 6.63. The highest BCUT2D eigenvalue weighted by Crippen LogP contribution is 2.23. The van der Waals surface area contributed by atoms with Crippen molar-refractivity contribution >= 4 is 17.3 Å². The topological polar surface area (TPSA) is 46.2 Å². The van der Waals surface area contributed by atoms with Crippen LogP contribution in [0.1, 0.15) is 13.8 Å². The zero-order valence-corrected chi connectivity index (χ0v) is 11.6. The van der Waals surface area contributed by atoms with E-state index in [0.29, 0.717) is 18.1 Å². The molecule has 2 aromatic rings. The van der Waals surface area contributed by atoms with Gasteiger partial charge in [-0.3, -0.25) is 0 Å². The Morgan fingerprint density at radius 1 is 1.15 bits per heavy atom. The number of rotatable bonds is 6. The maximum atomic E-state index is 13.7. The quantitative estimate of drug-likeness (QED) is 0.842. The number of halogens is 1. The summed E-state index contributed by atoms with van der Waals surface area (Å²) in [6.07, 6.45) is 0. The van der Waals surface area contributed by atoms with Crippen LogP contribution in [0.3, 0.4) is 0 Å². The van der Waals surface area contributed by atoms with Gasteiger partial charge in [0.15, 0.2) is 11.6 Å². The van der Waals surface area contributed by atoms with Crippen molar-refractivity contribution in [3.8, 4) is 5.75 Å². The van der Waals surface area contributed by atoms with Gasteiger partial charge in [0, 0.05) is 18.3 Å². The van der Waals surface area contributed by atoms with Gasteiger partial charge in [-0.25, -0.2) is 9.37 Å². The number of pyridine rings is 1. The number of nitrogens with one attached hydrogen (secondary N) is 2. The van der Waals surface area contributed by atoms with Crippen LogP contribution >= 0.6 is 0 Å². The van der Waals surface area contributed by atoms with Gasteiger partial charge >= 0.3 is 0 Å². The number of ether oxygens (including phenoxy) is 1. The first-order chi connectivity index (χ1) is 9.72. The molecule has 106 valence electrons. The molecule has 0 aliphatic carbocycles. The average Bonchev–Trinajstić information content (AvgIpc) is 2.43. The first-order valence-electron chi connectivity index (χ1n) is 6.63. The van der Waals surface area contributed by atoms with Crippen LogP contribution in [0, 0.1) is 5.82 Å². The smallest absolute Gasteiger partial charge is 0.167 e. The third-order valence-electron chi connectivity index (χ3n) is 2.61. The highest BCUT2D eigenvalue weighted by Gasteiger charge is 2.05. The van der Waals surface area contributed by atoms with E-state index in [-0.39, 0.29) is 11.6 Å². The molecule has 0 fully saturated rings. The van der Waals surface area contributed by atoms with E-state index >= 15 is 0 Å². The molecule has 2 rings (SSSR count). The Kier molecular flexibility index (Phi) is 4.76. The van der Waals surface area contributed by atoms with Gasteiger partial charge in [0.25, 0.3) is 0 Å². The Morgan fingerprint density at radius 2 is 1.95 bits per heavy atom. The highest BCUT2D eigenvalue weighted by atomic mass is 19.1. The molecule has 0 saturated carbocycles. The van der Waals surface area contributed by atoms with Crippen LogP contribution in [-0.2, 0) is 0 Å². The summed E-state index contributed by atoms with van der Waals surface area (Å²) < 4.78 is 18.9. The predicted molar refractivity (Wildman–Crippen MR) is 79.3 cm³/mol. The second-order valence-electron chi connectivity index (χ2n) is 4.14. The van der Waals surface area contributed by atoms with Crippen molar-refractivity contribution in [3.63, 3.8) is 0 Å². The van der Waals surface area contributed by atoms with Crippen LogP contribution in [0.2, 0.25) is 0 Å². The highest BCUT2D eigenvalue weighted by molar-refractivity contribution is 5.59. The van der Waals surface area contributed by atoms with Gasteiger partial charge in [0.1, 0.15) is 11.6 Å². The molecule has 1 heterocycles.